The molecule has 0 aliphatic heterocycles. The van der Waals surface area contributed by atoms with Crippen molar-refractivity contribution in [1.82, 2.24) is 0 Å². The highest BCUT2D eigenvalue weighted by molar-refractivity contribution is 5.57. The summed E-state index contributed by atoms with van der Waals surface area (Å²) in [5, 5.41) is 10.6. The molecule has 4 aliphatic rings. The lowest BCUT2D eigenvalue weighted by Crippen LogP contribution is -2.53. The molecule has 0 spiro atoms. The minimum atomic E-state index is -0.167. The quantitative estimate of drug-likeness (QED) is 0.667. The van der Waals surface area contributed by atoms with Gasteiger partial charge in [0.15, 0.2) is 0 Å². The van der Waals surface area contributed by atoms with Crippen molar-refractivity contribution in [3.05, 3.63) is 22.8 Å². The third-order valence-electron chi connectivity index (χ3n) is 9.28. The lowest BCUT2D eigenvalue weighted by atomic mass is 9.46. The van der Waals surface area contributed by atoms with Crippen molar-refractivity contribution in [2.75, 3.05) is 0 Å². The third kappa shape index (κ3) is 2.23. The Bertz CT molecular complexity index is 684. The lowest BCUT2D eigenvalue weighted by molar-refractivity contribution is -0.113. The van der Waals surface area contributed by atoms with Gasteiger partial charge >= 0.3 is 0 Å². The van der Waals surface area contributed by atoms with Gasteiger partial charge in [-0.3, -0.25) is 0 Å². The number of allylic oxidation sites excluding steroid dienone is 4. The van der Waals surface area contributed by atoms with E-state index in [0.29, 0.717) is 11.8 Å². The molecular formula is C24H36O2. The Morgan fingerprint density at radius 3 is 2.54 bits per heavy atom. The van der Waals surface area contributed by atoms with E-state index in [9.17, 15) is 9.90 Å². The summed E-state index contributed by atoms with van der Waals surface area (Å²) in [6, 6.07) is 0. The van der Waals surface area contributed by atoms with Crippen molar-refractivity contribution in [2.45, 2.75) is 85.7 Å². The molecule has 1 unspecified atom stereocenters. The molecule has 0 aromatic rings. The second-order valence-corrected chi connectivity index (χ2v) is 10.7. The normalized spacial score (nSPS) is 45.3. The van der Waals surface area contributed by atoms with Gasteiger partial charge in [-0.2, -0.15) is 0 Å². The molecule has 1 fully saturated rings. The van der Waals surface area contributed by atoms with E-state index in [1.807, 2.05) is 0 Å². The van der Waals surface area contributed by atoms with Crippen LogP contribution >= 0.6 is 0 Å². The molecule has 0 saturated heterocycles. The average molecular weight is 357 g/mol. The summed E-state index contributed by atoms with van der Waals surface area (Å²) in [7, 11) is 0. The van der Waals surface area contributed by atoms with Crippen molar-refractivity contribution in [3.8, 4) is 0 Å². The van der Waals surface area contributed by atoms with E-state index < -0.39 is 0 Å². The van der Waals surface area contributed by atoms with Gasteiger partial charge in [0.2, 0.25) is 0 Å². The smallest absolute Gasteiger partial charge is 0.123 e. The summed E-state index contributed by atoms with van der Waals surface area (Å²) in [5.41, 5.74) is 5.37. The molecular weight excluding hydrogens is 320 g/mol. The predicted octanol–water partition coefficient (Wildman–Crippen LogP) is 5.46. The second-order valence-electron chi connectivity index (χ2n) is 10.7. The highest BCUT2D eigenvalue weighted by Crippen LogP contribution is 2.66. The van der Waals surface area contributed by atoms with Crippen molar-refractivity contribution in [2.24, 2.45) is 34.0 Å². The number of aliphatic hydroxyl groups is 1. The van der Waals surface area contributed by atoms with Crippen LogP contribution in [0.2, 0.25) is 0 Å². The minimum Gasteiger partial charge on any atom is -0.393 e. The monoisotopic (exact) mass is 356 g/mol. The van der Waals surface area contributed by atoms with Crippen molar-refractivity contribution >= 4 is 6.29 Å². The van der Waals surface area contributed by atoms with Gasteiger partial charge in [-0.15, -0.1) is 0 Å². The molecule has 1 saturated carbocycles. The van der Waals surface area contributed by atoms with Crippen LogP contribution in [0.25, 0.3) is 0 Å². The summed E-state index contributed by atoms with van der Waals surface area (Å²) >= 11 is 0. The van der Waals surface area contributed by atoms with Crippen molar-refractivity contribution < 1.29 is 9.90 Å². The number of aldehydes is 1. The summed E-state index contributed by atoms with van der Waals surface area (Å²) in [6.07, 6.45) is 11.3. The van der Waals surface area contributed by atoms with Crippen LogP contribution in [0.1, 0.15) is 79.6 Å². The molecule has 0 bridgehead atoms. The first-order valence-electron chi connectivity index (χ1n) is 10.7. The Hall–Kier alpha value is -0.890. The van der Waals surface area contributed by atoms with Gasteiger partial charge in [-0.25, -0.2) is 0 Å². The van der Waals surface area contributed by atoms with Crippen molar-refractivity contribution in [3.63, 3.8) is 0 Å². The molecule has 0 radical (unpaired) electrons. The molecule has 1 N–H and O–H groups in total. The Balaban J connectivity index is 1.75. The van der Waals surface area contributed by atoms with Crippen LogP contribution in [0.5, 0.6) is 0 Å². The van der Waals surface area contributed by atoms with Crippen LogP contribution in [0, 0.1) is 34.0 Å². The van der Waals surface area contributed by atoms with Crippen LogP contribution < -0.4 is 0 Å². The van der Waals surface area contributed by atoms with Gasteiger partial charge in [-0.1, -0.05) is 46.3 Å². The van der Waals surface area contributed by atoms with Crippen LogP contribution in [-0.4, -0.2) is 17.5 Å². The Labute approximate surface area is 159 Å². The number of rotatable bonds is 2. The summed E-state index contributed by atoms with van der Waals surface area (Å²) in [5.74, 6) is 1.19. The van der Waals surface area contributed by atoms with E-state index in [2.05, 4.69) is 40.7 Å². The predicted molar refractivity (Wildman–Crippen MR) is 106 cm³/mol. The van der Waals surface area contributed by atoms with Crippen LogP contribution in [0.4, 0.5) is 0 Å². The van der Waals surface area contributed by atoms with E-state index in [-0.39, 0.29) is 28.3 Å². The number of hydrogen-bond acceptors (Lipinski definition) is 2. The molecule has 0 aromatic heterocycles. The van der Waals surface area contributed by atoms with E-state index in [4.69, 9.17) is 0 Å². The molecule has 0 heterocycles. The minimum absolute atomic E-state index is 0.00487. The first kappa shape index (κ1) is 18.5. The molecule has 144 valence electrons. The fraction of sp³-hybridized carbons (Fsp3) is 0.792. The SMILES string of the molecule is C[C@H](C=O)[C@H]1CC=C2C3=C(CC[C@@]21C)[C@@]1(C)CC[C@H](O)C(C)(C)C1CC3. The zero-order chi connectivity index (χ0) is 18.9. The topological polar surface area (TPSA) is 37.3 Å². The zero-order valence-corrected chi connectivity index (χ0v) is 17.3. The summed E-state index contributed by atoms with van der Waals surface area (Å²) < 4.78 is 0. The molecule has 4 rings (SSSR count). The molecule has 2 nitrogen and oxygen atoms in total. The number of aliphatic hydroxyl groups excluding tert-OH is 1. The Morgan fingerprint density at radius 2 is 1.85 bits per heavy atom. The van der Waals surface area contributed by atoms with Gasteiger partial charge in [0.25, 0.3) is 0 Å². The highest BCUT2D eigenvalue weighted by Gasteiger charge is 2.57. The summed E-state index contributed by atoms with van der Waals surface area (Å²) in [4.78, 5) is 11.5. The van der Waals surface area contributed by atoms with Crippen LogP contribution in [0.3, 0.4) is 0 Å². The number of carbonyl (C=O) groups excluding carboxylic acids is 1. The fourth-order valence-electron chi connectivity index (χ4n) is 7.61. The van der Waals surface area contributed by atoms with E-state index >= 15 is 0 Å². The van der Waals surface area contributed by atoms with Crippen molar-refractivity contribution in [1.29, 1.82) is 0 Å². The maximum absolute atomic E-state index is 11.5. The molecule has 4 aliphatic carbocycles. The number of fused-ring (bicyclic) bond motifs is 4. The van der Waals surface area contributed by atoms with Gasteiger partial charge in [-0.05, 0) is 84.2 Å². The van der Waals surface area contributed by atoms with Gasteiger partial charge in [0, 0.05) is 5.92 Å². The average Bonchev–Trinajstić information content (AvgIpc) is 2.95. The molecule has 6 atom stereocenters. The maximum atomic E-state index is 11.5. The van der Waals surface area contributed by atoms with Crippen LogP contribution in [0.15, 0.2) is 22.8 Å². The van der Waals surface area contributed by atoms with E-state index in [1.165, 1.54) is 25.5 Å². The largest absolute Gasteiger partial charge is 0.393 e. The summed E-state index contributed by atoms with van der Waals surface area (Å²) in [6.45, 7) is 11.6. The molecule has 0 aromatic carbocycles. The van der Waals surface area contributed by atoms with Crippen LogP contribution in [-0.2, 0) is 4.79 Å². The lowest BCUT2D eigenvalue weighted by Gasteiger charge is -2.59. The van der Waals surface area contributed by atoms with E-state index in [0.717, 1.165) is 25.7 Å². The van der Waals surface area contributed by atoms with Gasteiger partial charge in [0.05, 0.1) is 6.10 Å². The number of hydrogen-bond donors (Lipinski definition) is 1. The Morgan fingerprint density at radius 1 is 1.12 bits per heavy atom. The maximum Gasteiger partial charge on any atom is 0.123 e. The zero-order valence-electron chi connectivity index (χ0n) is 17.3. The fourth-order valence-corrected chi connectivity index (χ4v) is 7.61. The molecule has 2 heteroatoms. The number of carbonyl (C=O) groups is 1. The van der Waals surface area contributed by atoms with Gasteiger partial charge in [0.1, 0.15) is 6.29 Å². The second kappa shape index (κ2) is 5.80. The molecule has 0 amide bonds. The first-order valence-corrected chi connectivity index (χ1v) is 10.7. The standard InChI is InChI=1S/C24H36O2/c1-15(14-25)17-7-8-18-16-6-9-20-22(2,3)21(26)11-13-24(20,5)19(16)10-12-23(17,18)4/h8,14-15,17,20-21,26H,6-7,9-13H2,1-5H3/t15-,17-,20?,21+,23-,24-/m1/s1. The van der Waals surface area contributed by atoms with Gasteiger partial charge < -0.3 is 9.90 Å². The third-order valence-corrected chi connectivity index (χ3v) is 9.28. The molecule has 26 heavy (non-hydrogen) atoms. The Kier molecular flexibility index (Phi) is 4.12. The highest BCUT2D eigenvalue weighted by atomic mass is 16.3. The first-order chi connectivity index (χ1) is 12.2. The van der Waals surface area contributed by atoms with E-state index in [1.54, 1.807) is 16.7 Å².